The molecule has 9 heteroatoms. The number of non-ortho nitro benzene ring substituents is 1. The molecule has 1 atom stereocenters. The van der Waals surface area contributed by atoms with Crippen molar-refractivity contribution < 1.29 is 28.7 Å². The van der Waals surface area contributed by atoms with Crippen molar-refractivity contribution in [1.82, 2.24) is 0 Å². The van der Waals surface area contributed by atoms with Gasteiger partial charge >= 0.3 is 5.97 Å². The molecule has 0 saturated heterocycles. The highest BCUT2D eigenvalue weighted by Gasteiger charge is 2.20. The van der Waals surface area contributed by atoms with Crippen molar-refractivity contribution in [3.63, 3.8) is 0 Å². The molecule has 0 radical (unpaired) electrons. The Morgan fingerprint density at radius 2 is 1.86 bits per heavy atom. The molecular formula is C20H22N2O7. The fourth-order valence-electron chi connectivity index (χ4n) is 2.38. The number of anilines is 1. The van der Waals surface area contributed by atoms with Gasteiger partial charge in [-0.15, -0.1) is 0 Å². The lowest BCUT2D eigenvalue weighted by Gasteiger charge is -2.15. The number of aryl methyl sites for hydroxylation is 1. The number of esters is 1. The Morgan fingerprint density at radius 3 is 2.45 bits per heavy atom. The first kappa shape index (κ1) is 21.7. The van der Waals surface area contributed by atoms with Gasteiger partial charge in [-0.05, 0) is 37.1 Å². The van der Waals surface area contributed by atoms with Crippen LogP contribution in [0.2, 0.25) is 0 Å². The molecule has 2 aromatic carbocycles. The number of nitrogens with zero attached hydrogens (tertiary/aromatic N) is 1. The van der Waals surface area contributed by atoms with Crippen LogP contribution in [0.5, 0.6) is 11.5 Å². The Bertz CT molecular complexity index is 881. The van der Waals surface area contributed by atoms with E-state index in [-0.39, 0.29) is 23.7 Å². The largest absolute Gasteiger partial charge is 0.494 e. The number of hydrogen-bond acceptors (Lipinski definition) is 7. The van der Waals surface area contributed by atoms with E-state index in [0.717, 1.165) is 12.0 Å². The lowest BCUT2D eigenvalue weighted by Crippen LogP contribution is -2.31. The summed E-state index contributed by atoms with van der Waals surface area (Å²) in [6.45, 7) is 3.09. The lowest BCUT2D eigenvalue weighted by atomic mass is 10.2. The summed E-state index contributed by atoms with van der Waals surface area (Å²) in [6.07, 6.45) is -0.206. The van der Waals surface area contributed by atoms with Crippen LogP contribution in [0.25, 0.3) is 0 Å². The molecule has 0 spiro atoms. The number of rotatable bonds is 9. The summed E-state index contributed by atoms with van der Waals surface area (Å²) in [5, 5.41) is 13.3. The summed E-state index contributed by atoms with van der Waals surface area (Å²) in [5.41, 5.74) is 1.19. The minimum Gasteiger partial charge on any atom is -0.494 e. The monoisotopic (exact) mass is 402 g/mol. The van der Waals surface area contributed by atoms with Crippen molar-refractivity contribution in [2.75, 3.05) is 19.0 Å². The summed E-state index contributed by atoms with van der Waals surface area (Å²) >= 11 is 0. The fourth-order valence-corrected chi connectivity index (χ4v) is 2.38. The number of methoxy groups -OCH3 is 1. The van der Waals surface area contributed by atoms with Gasteiger partial charge in [0.1, 0.15) is 11.5 Å². The molecule has 0 aromatic heterocycles. The number of carbonyl (C=O) groups excluding carboxylic acids is 2. The third-order valence-corrected chi connectivity index (χ3v) is 4.02. The zero-order chi connectivity index (χ0) is 21.4. The third-order valence-electron chi connectivity index (χ3n) is 4.02. The second kappa shape index (κ2) is 10.1. The Hall–Kier alpha value is -3.62. The number of nitro benzene ring substituents is 1. The first-order valence-corrected chi connectivity index (χ1v) is 8.88. The Morgan fingerprint density at radius 1 is 1.17 bits per heavy atom. The molecule has 0 bridgehead atoms. The minimum atomic E-state index is -1.10. The van der Waals surface area contributed by atoms with E-state index in [4.69, 9.17) is 14.2 Å². The number of amides is 1. The van der Waals surface area contributed by atoms with Crippen molar-refractivity contribution in [3.8, 4) is 11.5 Å². The van der Waals surface area contributed by atoms with Gasteiger partial charge in [-0.3, -0.25) is 14.9 Å². The van der Waals surface area contributed by atoms with Crippen LogP contribution in [0.1, 0.15) is 19.4 Å². The Kier molecular flexibility index (Phi) is 7.53. The fraction of sp³-hybridized carbons (Fsp3) is 0.300. The highest BCUT2D eigenvalue weighted by molar-refractivity contribution is 5.96. The minimum absolute atomic E-state index is 0.116. The molecule has 2 aromatic rings. The molecule has 2 rings (SSSR count). The molecule has 29 heavy (non-hydrogen) atoms. The van der Waals surface area contributed by atoms with Crippen LogP contribution in [-0.2, 0) is 20.7 Å². The summed E-state index contributed by atoms with van der Waals surface area (Å²) in [4.78, 5) is 34.4. The van der Waals surface area contributed by atoms with E-state index in [1.165, 1.54) is 32.2 Å². The molecular weight excluding hydrogens is 380 g/mol. The SMILES string of the molecule is CCc1ccc(OCC(=O)O[C@H](C)C(=O)Nc2ccc([N+](=O)[O-])cc2OC)cc1. The van der Waals surface area contributed by atoms with E-state index < -0.39 is 22.9 Å². The van der Waals surface area contributed by atoms with Crippen molar-refractivity contribution >= 4 is 23.3 Å². The van der Waals surface area contributed by atoms with Crippen LogP contribution in [0, 0.1) is 10.1 Å². The summed E-state index contributed by atoms with van der Waals surface area (Å²) in [7, 11) is 1.32. The average molecular weight is 402 g/mol. The summed E-state index contributed by atoms with van der Waals surface area (Å²) < 4.78 is 15.5. The van der Waals surface area contributed by atoms with Gasteiger partial charge < -0.3 is 19.5 Å². The molecule has 0 aliphatic heterocycles. The van der Waals surface area contributed by atoms with Crippen molar-refractivity contribution in [2.24, 2.45) is 0 Å². The van der Waals surface area contributed by atoms with Crippen LogP contribution in [0.3, 0.4) is 0 Å². The molecule has 1 N–H and O–H groups in total. The van der Waals surface area contributed by atoms with Gasteiger partial charge in [-0.1, -0.05) is 19.1 Å². The van der Waals surface area contributed by atoms with Crippen molar-refractivity contribution in [3.05, 3.63) is 58.1 Å². The molecule has 0 unspecified atom stereocenters. The van der Waals surface area contributed by atoms with Crippen LogP contribution >= 0.6 is 0 Å². The van der Waals surface area contributed by atoms with E-state index in [0.29, 0.717) is 5.75 Å². The number of nitrogens with one attached hydrogen (secondary N) is 1. The number of ether oxygens (including phenoxy) is 3. The second-order valence-corrected chi connectivity index (χ2v) is 6.05. The normalized spacial score (nSPS) is 11.3. The van der Waals surface area contributed by atoms with Gasteiger partial charge in [-0.25, -0.2) is 4.79 Å². The second-order valence-electron chi connectivity index (χ2n) is 6.05. The maximum Gasteiger partial charge on any atom is 0.344 e. The summed E-state index contributed by atoms with van der Waals surface area (Å²) in [6, 6.07) is 11.1. The summed E-state index contributed by atoms with van der Waals surface area (Å²) in [5.74, 6) is -0.683. The zero-order valence-corrected chi connectivity index (χ0v) is 16.3. The molecule has 9 nitrogen and oxygen atoms in total. The first-order valence-electron chi connectivity index (χ1n) is 8.88. The van der Waals surface area contributed by atoms with Gasteiger partial charge in [-0.2, -0.15) is 0 Å². The highest BCUT2D eigenvalue weighted by atomic mass is 16.6. The molecule has 0 aliphatic rings. The molecule has 0 heterocycles. The number of carbonyl (C=O) groups is 2. The van der Waals surface area contributed by atoms with E-state index in [2.05, 4.69) is 5.32 Å². The van der Waals surface area contributed by atoms with Gasteiger partial charge in [0.25, 0.3) is 11.6 Å². The standard InChI is InChI=1S/C20H22N2O7/c1-4-14-5-8-16(9-6-14)28-12-19(23)29-13(2)20(24)21-17-10-7-15(22(25)26)11-18(17)27-3/h5-11,13H,4,12H2,1-3H3,(H,21,24)/t13-/m1/s1. The van der Waals surface area contributed by atoms with E-state index in [1.807, 2.05) is 19.1 Å². The molecule has 0 saturated carbocycles. The predicted molar refractivity (Wildman–Crippen MR) is 105 cm³/mol. The van der Waals surface area contributed by atoms with Crippen LogP contribution < -0.4 is 14.8 Å². The highest BCUT2D eigenvalue weighted by Crippen LogP contribution is 2.29. The topological polar surface area (TPSA) is 117 Å². The number of benzene rings is 2. The van der Waals surface area contributed by atoms with Gasteiger partial charge in [0.15, 0.2) is 12.7 Å². The zero-order valence-electron chi connectivity index (χ0n) is 16.3. The maximum absolute atomic E-state index is 12.3. The van der Waals surface area contributed by atoms with E-state index >= 15 is 0 Å². The van der Waals surface area contributed by atoms with Gasteiger partial charge in [0.2, 0.25) is 0 Å². The number of hydrogen-bond donors (Lipinski definition) is 1. The first-order chi connectivity index (χ1) is 13.8. The molecule has 0 aliphatic carbocycles. The lowest BCUT2D eigenvalue weighted by molar-refractivity contribution is -0.384. The molecule has 0 fully saturated rings. The Labute approximate surface area is 167 Å². The smallest absolute Gasteiger partial charge is 0.344 e. The average Bonchev–Trinajstić information content (AvgIpc) is 2.72. The molecule has 154 valence electrons. The number of nitro groups is 1. The van der Waals surface area contributed by atoms with Gasteiger partial charge in [0.05, 0.1) is 23.8 Å². The van der Waals surface area contributed by atoms with E-state index in [1.54, 1.807) is 12.1 Å². The van der Waals surface area contributed by atoms with Gasteiger partial charge in [0, 0.05) is 6.07 Å². The third kappa shape index (κ3) is 6.20. The van der Waals surface area contributed by atoms with Crippen LogP contribution in [0.4, 0.5) is 11.4 Å². The quantitative estimate of drug-likeness (QED) is 0.389. The Balaban J connectivity index is 1.89. The predicted octanol–water partition coefficient (Wildman–Crippen LogP) is 3.12. The van der Waals surface area contributed by atoms with Crippen LogP contribution in [-0.4, -0.2) is 36.6 Å². The van der Waals surface area contributed by atoms with Crippen LogP contribution in [0.15, 0.2) is 42.5 Å². The van der Waals surface area contributed by atoms with Crippen molar-refractivity contribution in [1.29, 1.82) is 0 Å². The van der Waals surface area contributed by atoms with Crippen molar-refractivity contribution in [2.45, 2.75) is 26.4 Å². The molecule has 1 amide bonds. The van der Waals surface area contributed by atoms with E-state index in [9.17, 15) is 19.7 Å². The maximum atomic E-state index is 12.3.